The van der Waals surface area contributed by atoms with Crippen molar-refractivity contribution in [1.29, 1.82) is 0 Å². The van der Waals surface area contributed by atoms with Gasteiger partial charge in [-0.05, 0) is 44.0 Å². The first-order valence-corrected chi connectivity index (χ1v) is 7.49. The second-order valence-electron chi connectivity index (χ2n) is 5.94. The lowest BCUT2D eigenvalue weighted by Crippen LogP contribution is -2.52. The van der Waals surface area contributed by atoms with Crippen LogP contribution in [-0.4, -0.2) is 37.4 Å². The van der Waals surface area contributed by atoms with Gasteiger partial charge in [0.05, 0.1) is 0 Å². The van der Waals surface area contributed by atoms with Gasteiger partial charge in [-0.25, -0.2) is 0 Å². The van der Waals surface area contributed by atoms with Crippen molar-refractivity contribution in [3.8, 4) is 11.5 Å². The Morgan fingerprint density at radius 1 is 1.25 bits per heavy atom. The molecule has 0 aliphatic carbocycles. The van der Waals surface area contributed by atoms with Crippen molar-refractivity contribution >= 4 is 0 Å². The van der Waals surface area contributed by atoms with Crippen molar-refractivity contribution in [3.05, 3.63) is 23.8 Å². The Kier molecular flexibility index (Phi) is 3.85. The minimum absolute atomic E-state index is 0.347. The van der Waals surface area contributed by atoms with E-state index in [0.717, 1.165) is 24.6 Å². The summed E-state index contributed by atoms with van der Waals surface area (Å²) < 4.78 is 10.8. The van der Waals surface area contributed by atoms with Crippen LogP contribution < -0.4 is 14.8 Å². The molecule has 20 heavy (non-hydrogen) atoms. The Hall–Kier alpha value is -1.26. The van der Waals surface area contributed by atoms with Crippen LogP contribution >= 0.6 is 0 Å². The molecule has 0 aromatic heterocycles. The van der Waals surface area contributed by atoms with Crippen LogP contribution in [0.3, 0.4) is 0 Å². The van der Waals surface area contributed by atoms with Gasteiger partial charge in [-0.2, -0.15) is 0 Å². The van der Waals surface area contributed by atoms with Gasteiger partial charge in [-0.3, -0.25) is 4.90 Å². The summed E-state index contributed by atoms with van der Waals surface area (Å²) >= 11 is 0. The lowest BCUT2D eigenvalue weighted by molar-refractivity contribution is 0.0810. The van der Waals surface area contributed by atoms with Crippen LogP contribution in [0.2, 0.25) is 0 Å². The van der Waals surface area contributed by atoms with Crippen LogP contribution in [0.1, 0.15) is 25.8 Å². The van der Waals surface area contributed by atoms with Crippen LogP contribution in [-0.2, 0) is 6.54 Å². The van der Waals surface area contributed by atoms with E-state index in [1.807, 2.05) is 6.07 Å². The minimum Gasteiger partial charge on any atom is -0.454 e. The first-order chi connectivity index (χ1) is 9.69. The highest BCUT2D eigenvalue weighted by molar-refractivity contribution is 5.44. The second kappa shape index (κ2) is 5.62. The lowest BCUT2D eigenvalue weighted by atomic mass is 9.87. The van der Waals surface area contributed by atoms with E-state index in [4.69, 9.17) is 9.47 Å². The number of ether oxygens (including phenoxy) is 2. The molecule has 1 aromatic rings. The molecule has 2 aliphatic rings. The highest BCUT2D eigenvalue weighted by Gasteiger charge is 2.31. The van der Waals surface area contributed by atoms with Gasteiger partial charge in [0.2, 0.25) is 6.79 Å². The van der Waals surface area contributed by atoms with Crippen molar-refractivity contribution < 1.29 is 9.47 Å². The molecule has 1 aromatic carbocycles. The van der Waals surface area contributed by atoms with E-state index in [-0.39, 0.29) is 0 Å². The summed E-state index contributed by atoms with van der Waals surface area (Å²) in [6.07, 6.45) is 1.21. The third-order valence-corrected chi connectivity index (χ3v) is 4.89. The molecule has 1 N–H and O–H groups in total. The first-order valence-electron chi connectivity index (χ1n) is 7.49. The van der Waals surface area contributed by atoms with Crippen molar-refractivity contribution in [3.63, 3.8) is 0 Å². The van der Waals surface area contributed by atoms with Crippen LogP contribution in [0.5, 0.6) is 11.5 Å². The number of likely N-dealkylation sites (tertiary alicyclic amines) is 1. The number of benzene rings is 1. The molecule has 4 nitrogen and oxygen atoms in total. The normalized spacial score (nSPS) is 29.6. The number of fused-ring (bicyclic) bond motifs is 1. The van der Waals surface area contributed by atoms with E-state index < -0.39 is 0 Å². The SMILES string of the molecule is CNC1CCN(Cc2ccc3c(c2)OCO3)C(C)C1C. The molecule has 0 saturated carbocycles. The monoisotopic (exact) mass is 276 g/mol. The minimum atomic E-state index is 0.347. The summed E-state index contributed by atoms with van der Waals surface area (Å²) in [5.74, 6) is 2.42. The topological polar surface area (TPSA) is 33.7 Å². The van der Waals surface area contributed by atoms with Gasteiger partial charge >= 0.3 is 0 Å². The molecule has 2 aliphatic heterocycles. The maximum Gasteiger partial charge on any atom is 0.231 e. The highest BCUT2D eigenvalue weighted by Crippen LogP contribution is 2.33. The quantitative estimate of drug-likeness (QED) is 0.918. The molecule has 3 atom stereocenters. The lowest BCUT2D eigenvalue weighted by Gasteiger charge is -2.42. The number of hydrogen-bond acceptors (Lipinski definition) is 4. The van der Waals surface area contributed by atoms with Gasteiger partial charge in [0, 0.05) is 25.2 Å². The fourth-order valence-electron chi connectivity index (χ4n) is 3.34. The molecule has 4 heteroatoms. The standard InChI is InChI=1S/C16H24N2O2/c1-11-12(2)18(7-6-14(11)17-3)9-13-4-5-15-16(8-13)20-10-19-15/h4-5,8,11-12,14,17H,6-7,9-10H2,1-3H3. The number of rotatable bonds is 3. The molecule has 2 heterocycles. The van der Waals surface area contributed by atoms with Crippen LogP contribution in [0.4, 0.5) is 0 Å². The zero-order chi connectivity index (χ0) is 14.1. The fraction of sp³-hybridized carbons (Fsp3) is 0.625. The van der Waals surface area contributed by atoms with Crippen molar-refractivity contribution in [2.75, 3.05) is 20.4 Å². The molecule has 0 radical (unpaired) electrons. The summed E-state index contributed by atoms with van der Waals surface area (Å²) in [7, 11) is 2.07. The van der Waals surface area contributed by atoms with Crippen LogP contribution in [0, 0.1) is 5.92 Å². The zero-order valence-electron chi connectivity index (χ0n) is 12.6. The molecule has 3 unspecified atom stereocenters. The van der Waals surface area contributed by atoms with E-state index in [9.17, 15) is 0 Å². The second-order valence-corrected chi connectivity index (χ2v) is 5.94. The summed E-state index contributed by atoms with van der Waals surface area (Å²) in [4.78, 5) is 2.57. The molecule has 0 spiro atoms. The van der Waals surface area contributed by atoms with Crippen molar-refractivity contribution in [1.82, 2.24) is 10.2 Å². The number of nitrogens with one attached hydrogen (secondary N) is 1. The predicted octanol–water partition coefficient (Wildman–Crippen LogP) is 2.23. The largest absolute Gasteiger partial charge is 0.454 e. The maximum atomic E-state index is 5.46. The third kappa shape index (κ3) is 2.50. The average Bonchev–Trinajstić information content (AvgIpc) is 2.92. The summed E-state index contributed by atoms with van der Waals surface area (Å²) in [6, 6.07) is 7.51. The van der Waals surface area contributed by atoms with Gasteiger partial charge in [-0.15, -0.1) is 0 Å². The average molecular weight is 276 g/mol. The van der Waals surface area contributed by atoms with E-state index in [1.165, 1.54) is 12.0 Å². The third-order valence-electron chi connectivity index (χ3n) is 4.89. The van der Waals surface area contributed by atoms with E-state index in [2.05, 4.69) is 43.2 Å². The van der Waals surface area contributed by atoms with Gasteiger partial charge in [0.25, 0.3) is 0 Å². The Bertz CT molecular complexity index is 478. The Morgan fingerprint density at radius 2 is 2.05 bits per heavy atom. The molecule has 3 rings (SSSR count). The van der Waals surface area contributed by atoms with Crippen LogP contribution in [0.15, 0.2) is 18.2 Å². The van der Waals surface area contributed by atoms with E-state index >= 15 is 0 Å². The Balaban J connectivity index is 1.69. The summed E-state index contributed by atoms with van der Waals surface area (Å²) in [6.45, 7) is 7.16. The van der Waals surface area contributed by atoms with E-state index in [1.54, 1.807) is 0 Å². The first kappa shape index (κ1) is 13.7. The van der Waals surface area contributed by atoms with Gasteiger partial charge in [-0.1, -0.05) is 13.0 Å². The fourth-order valence-corrected chi connectivity index (χ4v) is 3.34. The molecule has 1 fully saturated rings. The highest BCUT2D eigenvalue weighted by atomic mass is 16.7. The smallest absolute Gasteiger partial charge is 0.231 e. The predicted molar refractivity (Wildman–Crippen MR) is 79.1 cm³/mol. The van der Waals surface area contributed by atoms with Crippen molar-refractivity contribution in [2.45, 2.75) is 38.9 Å². The van der Waals surface area contributed by atoms with Crippen LogP contribution in [0.25, 0.3) is 0 Å². The Labute approximate surface area is 121 Å². The molecule has 0 bridgehead atoms. The summed E-state index contributed by atoms with van der Waals surface area (Å²) in [5, 5.41) is 3.44. The molecular weight excluding hydrogens is 252 g/mol. The number of hydrogen-bond donors (Lipinski definition) is 1. The molecule has 110 valence electrons. The Morgan fingerprint density at radius 3 is 2.85 bits per heavy atom. The van der Waals surface area contributed by atoms with Gasteiger partial charge < -0.3 is 14.8 Å². The number of nitrogens with zero attached hydrogens (tertiary/aromatic N) is 1. The molecular formula is C16H24N2O2. The van der Waals surface area contributed by atoms with Gasteiger partial charge in [0.1, 0.15) is 0 Å². The molecule has 1 saturated heterocycles. The maximum absolute atomic E-state index is 5.46. The van der Waals surface area contributed by atoms with Crippen molar-refractivity contribution in [2.24, 2.45) is 5.92 Å². The van der Waals surface area contributed by atoms with Gasteiger partial charge in [0.15, 0.2) is 11.5 Å². The van der Waals surface area contributed by atoms with E-state index in [0.29, 0.717) is 24.8 Å². The number of piperidine rings is 1. The molecule has 0 amide bonds. The summed E-state index contributed by atoms with van der Waals surface area (Å²) in [5.41, 5.74) is 1.30. The zero-order valence-corrected chi connectivity index (χ0v) is 12.6.